The maximum absolute atomic E-state index is 12.9. The van der Waals surface area contributed by atoms with Crippen molar-refractivity contribution in [1.29, 1.82) is 0 Å². The highest BCUT2D eigenvalue weighted by Gasteiger charge is 2.53. The summed E-state index contributed by atoms with van der Waals surface area (Å²) in [4.78, 5) is 14.4. The molecule has 1 aromatic carbocycles. The van der Waals surface area contributed by atoms with Crippen LogP contribution in [-0.4, -0.2) is 49.3 Å². The molecule has 0 N–H and O–H groups in total. The summed E-state index contributed by atoms with van der Waals surface area (Å²) in [5.41, 5.74) is -6.90. The third kappa shape index (κ3) is 4.98. The highest BCUT2D eigenvalue weighted by molar-refractivity contribution is 7.87. The summed E-state index contributed by atoms with van der Waals surface area (Å²) >= 11 is 0. The number of carbonyl (C=O) groups excluding carboxylic acids is 1. The Kier molecular flexibility index (Phi) is 6.05. The number of hydrogen-bond donors (Lipinski definition) is 0. The van der Waals surface area contributed by atoms with Crippen molar-refractivity contribution in [3.8, 4) is 0 Å². The van der Waals surface area contributed by atoms with Crippen molar-refractivity contribution >= 4 is 16.2 Å². The van der Waals surface area contributed by atoms with Crippen molar-refractivity contribution in [2.45, 2.75) is 56.4 Å². The molecule has 1 amide bonds. The molecule has 7 nitrogen and oxygen atoms in total. The van der Waals surface area contributed by atoms with Crippen molar-refractivity contribution in [1.82, 2.24) is 4.90 Å². The molecule has 2 atom stereocenters. The van der Waals surface area contributed by atoms with Crippen LogP contribution in [-0.2, 0) is 23.8 Å². The van der Waals surface area contributed by atoms with E-state index in [0.29, 0.717) is 24.9 Å². The van der Waals surface area contributed by atoms with Gasteiger partial charge in [-0.2, -0.15) is 21.6 Å². The first-order valence-corrected chi connectivity index (χ1v) is 11.1. The van der Waals surface area contributed by atoms with Crippen LogP contribution in [0.4, 0.5) is 18.0 Å². The van der Waals surface area contributed by atoms with Gasteiger partial charge in [0, 0.05) is 6.54 Å². The third-order valence-corrected chi connectivity index (χ3v) is 5.87. The zero-order chi connectivity index (χ0) is 23.1. The summed E-state index contributed by atoms with van der Waals surface area (Å²) in [6.45, 7) is 5.04. The summed E-state index contributed by atoms with van der Waals surface area (Å²) in [6, 6.07) is 8.08. The number of rotatable bonds is 3. The maximum Gasteiger partial charge on any atom is 0.534 e. The van der Waals surface area contributed by atoms with E-state index in [4.69, 9.17) is 9.47 Å². The van der Waals surface area contributed by atoms with Gasteiger partial charge in [0.1, 0.15) is 23.6 Å². The molecule has 3 rings (SSSR count). The molecule has 11 heteroatoms. The summed E-state index contributed by atoms with van der Waals surface area (Å²) in [6.07, 6.45) is 1.46. The fourth-order valence-electron chi connectivity index (χ4n) is 3.77. The lowest BCUT2D eigenvalue weighted by Crippen LogP contribution is -2.53. The van der Waals surface area contributed by atoms with E-state index in [-0.39, 0.29) is 0 Å². The largest absolute Gasteiger partial charge is 0.534 e. The van der Waals surface area contributed by atoms with Gasteiger partial charge in [-0.15, -0.1) is 0 Å². The van der Waals surface area contributed by atoms with Crippen LogP contribution >= 0.6 is 0 Å². The number of amides is 1. The number of piperidine rings is 1. The van der Waals surface area contributed by atoms with Crippen molar-refractivity contribution < 1.29 is 40.0 Å². The van der Waals surface area contributed by atoms with Crippen LogP contribution in [0.15, 0.2) is 42.2 Å². The van der Waals surface area contributed by atoms with Crippen LogP contribution in [0.5, 0.6) is 0 Å². The molecule has 0 unspecified atom stereocenters. The second-order valence-electron chi connectivity index (χ2n) is 8.43. The molecular formula is C20H24F3NO6S. The molecule has 2 aliphatic heterocycles. The van der Waals surface area contributed by atoms with Gasteiger partial charge in [0.15, 0.2) is 0 Å². The Balaban J connectivity index is 2.00. The normalized spacial score (nSPS) is 24.8. The van der Waals surface area contributed by atoms with E-state index < -0.39 is 51.3 Å². The van der Waals surface area contributed by atoms with Crippen molar-refractivity contribution in [3.05, 3.63) is 47.7 Å². The van der Waals surface area contributed by atoms with Gasteiger partial charge >= 0.3 is 21.7 Å². The van der Waals surface area contributed by atoms with Gasteiger partial charge in [0.25, 0.3) is 0 Å². The van der Waals surface area contributed by atoms with E-state index in [9.17, 15) is 26.4 Å². The molecule has 0 aromatic heterocycles. The molecule has 2 heterocycles. The lowest BCUT2D eigenvalue weighted by Gasteiger charge is -2.46. The summed E-state index contributed by atoms with van der Waals surface area (Å²) in [7, 11) is -5.83. The second kappa shape index (κ2) is 8.01. The molecule has 1 saturated heterocycles. The fraction of sp³-hybridized carbons (Fsp3) is 0.550. The van der Waals surface area contributed by atoms with Gasteiger partial charge in [-0.1, -0.05) is 30.3 Å². The minimum Gasteiger partial charge on any atom is -0.444 e. The number of carbonyl (C=O) groups is 1. The van der Waals surface area contributed by atoms with Gasteiger partial charge in [-0.3, -0.25) is 4.90 Å². The van der Waals surface area contributed by atoms with E-state index in [1.54, 1.807) is 51.1 Å². The van der Waals surface area contributed by atoms with Crippen LogP contribution in [0.25, 0.3) is 0 Å². The average Bonchev–Trinajstić information content (AvgIpc) is 3.01. The zero-order valence-corrected chi connectivity index (χ0v) is 18.1. The predicted octanol–water partition coefficient (Wildman–Crippen LogP) is 4.28. The smallest absolute Gasteiger partial charge is 0.444 e. The number of nitrogens with zero attached hydrogens (tertiary/aromatic N) is 1. The van der Waals surface area contributed by atoms with Gasteiger partial charge < -0.3 is 13.7 Å². The van der Waals surface area contributed by atoms with E-state index in [1.807, 2.05) is 0 Å². The number of ether oxygens (including phenoxy) is 2. The molecule has 1 fully saturated rings. The maximum atomic E-state index is 12.9. The van der Waals surface area contributed by atoms with E-state index in [1.165, 1.54) is 11.0 Å². The molecule has 1 aromatic rings. The van der Waals surface area contributed by atoms with Crippen LogP contribution in [0.1, 0.15) is 45.2 Å². The monoisotopic (exact) mass is 463 g/mol. The highest BCUT2D eigenvalue weighted by atomic mass is 32.2. The van der Waals surface area contributed by atoms with Gasteiger partial charge in [0.2, 0.25) is 0 Å². The van der Waals surface area contributed by atoms with E-state index >= 15 is 0 Å². The highest BCUT2D eigenvalue weighted by Crippen LogP contribution is 2.47. The van der Waals surface area contributed by atoms with Crippen molar-refractivity contribution in [2.24, 2.45) is 0 Å². The lowest BCUT2D eigenvalue weighted by molar-refractivity contribution is -0.0835. The first-order chi connectivity index (χ1) is 14.2. The molecule has 172 valence electrons. The molecule has 0 bridgehead atoms. The SMILES string of the molecule is CC(C)(C)OC(=O)N1CCC[C@@]2(C=C(OS(=O)(=O)C(F)(F)F)CO2)[C@@H]1c1ccccc1. The number of hydrogen-bond acceptors (Lipinski definition) is 6. The molecule has 0 aliphatic carbocycles. The fourth-order valence-corrected chi connectivity index (χ4v) is 4.24. The predicted molar refractivity (Wildman–Crippen MR) is 104 cm³/mol. The first-order valence-electron chi connectivity index (χ1n) is 9.65. The Morgan fingerprint density at radius 1 is 1.19 bits per heavy atom. The van der Waals surface area contributed by atoms with Crippen LogP contribution in [0.3, 0.4) is 0 Å². The van der Waals surface area contributed by atoms with Crippen LogP contribution in [0.2, 0.25) is 0 Å². The number of benzene rings is 1. The zero-order valence-electron chi connectivity index (χ0n) is 17.3. The first kappa shape index (κ1) is 23.4. The minimum atomic E-state index is -5.83. The second-order valence-corrected chi connectivity index (χ2v) is 9.97. The summed E-state index contributed by atoms with van der Waals surface area (Å²) in [5.74, 6) is -0.468. The number of alkyl halides is 3. The van der Waals surface area contributed by atoms with Crippen LogP contribution < -0.4 is 0 Å². The van der Waals surface area contributed by atoms with Crippen molar-refractivity contribution in [2.75, 3.05) is 13.2 Å². The molecule has 0 saturated carbocycles. The van der Waals surface area contributed by atoms with E-state index in [0.717, 1.165) is 0 Å². The quantitative estimate of drug-likeness (QED) is 0.492. The van der Waals surface area contributed by atoms with E-state index in [2.05, 4.69) is 4.18 Å². The molecular weight excluding hydrogens is 439 g/mol. The number of likely N-dealkylation sites (tertiary alicyclic amines) is 1. The van der Waals surface area contributed by atoms with Crippen molar-refractivity contribution in [3.63, 3.8) is 0 Å². The van der Waals surface area contributed by atoms with Crippen LogP contribution in [0, 0.1) is 0 Å². The molecule has 2 aliphatic rings. The Labute approximate surface area is 178 Å². The number of halogens is 3. The van der Waals surface area contributed by atoms with Gasteiger partial charge in [0.05, 0.1) is 6.04 Å². The Hall–Kier alpha value is -2.27. The summed E-state index contributed by atoms with van der Waals surface area (Å²) < 4.78 is 76.7. The summed E-state index contributed by atoms with van der Waals surface area (Å²) in [5, 5.41) is 0. The minimum absolute atomic E-state index is 0.338. The third-order valence-electron chi connectivity index (χ3n) is 4.87. The molecule has 31 heavy (non-hydrogen) atoms. The lowest BCUT2D eigenvalue weighted by atomic mass is 9.80. The standard InChI is InChI=1S/C20H24F3NO6S/c1-18(2,3)29-17(25)24-11-7-10-19(16(24)14-8-5-4-6-9-14)12-15(13-28-19)30-31(26,27)20(21,22)23/h4-6,8-9,12,16H,7,10-11,13H2,1-3H3/t16-,19+/m0/s1. The molecule has 0 radical (unpaired) electrons. The Bertz CT molecular complexity index is 955. The molecule has 1 spiro atoms. The Morgan fingerprint density at radius 3 is 2.42 bits per heavy atom. The average molecular weight is 463 g/mol. The Morgan fingerprint density at radius 2 is 1.84 bits per heavy atom. The topological polar surface area (TPSA) is 82.1 Å². The van der Waals surface area contributed by atoms with Gasteiger partial charge in [-0.25, -0.2) is 4.79 Å². The van der Waals surface area contributed by atoms with Gasteiger partial charge in [-0.05, 0) is 45.3 Å².